The Bertz CT molecular complexity index is 4470. The van der Waals surface area contributed by atoms with Crippen LogP contribution in [-0.2, 0) is 131 Å². The van der Waals surface area contributed by atoms with Crippen LogP contribution in [0.5, 0.6) is 0 Å². The van der Waals surface area contributed by atoms with Crippen LogP contribution in [0.2, 0.25) is 127 Å². The molecule has 844 valence electrons. The van der Waals surface area contributed by atoms with Crippen molar-refractivity contribution in [2.24, 2.45) is 0 Å². The lowest BCUT2D eigenvalue weighted by molar-refractivity contribution is -0.401. The second kappa shape index (κ2) is 48.9. The van der Waals surface area contributed by atoms with Crippen molar-refractivity contribution in [3.63, 3.8) is 0 Å². The molecule has 0 unspecified atom stereocenters. The van der Waals surface area contributed by atoms with E-state index in [1.165, 1.54) is 0 Å². The first-order chi connectivity index (χ1) is 67.6. The van der Waals surface area contributed by atoms with Gasteiger partial charge in [-0.05, 0) is 144 Å². The smallest absolute Gasteiger partial charge is 0.192 e. The Labute approximate surface area is 881 Å². The molecule has 0 aromatic heterocycles. The van der Waals surface area contributed by atoms with Crippen LogP contribution in [0.25, 0.3) is 0 Å². The molecule has 11 N–H and O–H groups in total. The summed E-state index contributed by atoms with van der Waals surface area (Å²) in [6.07, 6.45) is -61.5. The molecule has 14 bridgehead atoms. The summed E-state index contributed by atoms with van der Waals surface area (Å²) in [6.45, 7) is 68.5. The first-order valence-corrected chi connectivity index (χ1v) is 73.1. The minimum Gasteiger partial charge on any atom is -0.414 e. The second-order valence-electron chi connectivity index (χ2n) is 52.2. The first-order valence-electron chi connectivity index (χ1n) is 52.7. The summed E-state index contributed by atoms with van der Waals surface area (Å²) in [6, 6.07) is 27.6. The van der Waals surface area contributed by atoms with E-state index in [-0.39, 0.29) is 66.1 Å². The third-order valence-electron chi connectivity index (χ3n) is 34.2. The van der Waals surface area contributed by atoms with E-state index in [0.29, 0.717) is 16.7 Å². The van der Waals surface area contributed by atoms with E-state index in [4.69, 9.17) is 112 Å². The molecule has 21 fully saturated rings. The van der Waals surface area contributed by atoms with E-state index < -0.39 is 308 Å². The molecule has 3 aromatic carbocycles. The van der Waals surface area contributed by atoms with Gasteiger partial charge in [0.2, 0.25) is 0 Å². The maximum atomic E-state index is 14.2. The average molecular weight is 2210 g/mol. The Morgan fingerprint density at radius 3 is 0.476 bits per heavy atom. The van der Waals surface area contributed by atoms with Gasteiger partial charge in [0.25, 0.3) is 0 Å². The first kappa shape index (κ1) is 125. The van der Waals surface area contributed by atoms with E-state index in [0.717, 1.165) is 0 Å². The fourth-order valence-corrected chi connectivity index (χ4v) is 23.8. The quantitative estimate of drug-likeness (QED) is 0.0276. The van der Waals surface area contributed by atoms with Crippen LogP contribution in [-0.4, -0.2) is 376 Å². The number of benzene rings is 3. The van der Waals surface area contributed by atoms with E-state index in [9.17, 15) is 56.2 Å². The molecule has 24 rings (SSSR count). The van der Waals surface area contributed by atoms with Gasteiger partial charge >= 0.3 is 0 Å². The molecule has 21 saturated heterocycles. The lowest BCUT2D eigenvalue weighted by Crippen LogP contribution is -2.69. The van der Waals surface area contributed by atoms with Crippen LogP contribution in [0.1, 0.15) is 162 Å². The van der Waals surface area contributed by atoms with Crippen LogP contribution in [0, 0.1) is 0 Å². The molecule has 35 atom stereocenters. The number of ether oxygens (including phenoxy) is 17. The van der Waals surface area contributed by atoms with Crippen molar-refractivity contribution >= 4 is 58.2 Å². The predicted octanol–water partition coefficient (Wildman–Crippen LogP) is 12.6. The summed E-state index contributed by atoms with van der Waals surface area (Å²) in [5.74, 6) is 0. The van der Waals surface area contributed by atoms with Crippen molar-refractivity contribution in [2.75, 3.05) is 46.2 Å². The third kappa shape index (κ3) is 30.1. The van der Waals surface area contributed by atoms with Crippen molar-refractivity contribution in [1.82, 2.24) is 0 Å². The van der Waals surface area contributed by atoms with E-state index in [1.54, 1.807) is 0 Å². The summed E-state index contributed by atoms with van der Waals surface area (Å²) in [7, 11) is -20.0. The zero-order chi connectivity index (χ0) is 110. The summed E-state index contributed by atoms with van der Waals surface area (Å²) in [5.41, 5.74) is 1.98. The van der Waals surface area contributed by atoms with Gasteiger partial charge in [0.1, 0.15) is 171 Å². The summed E-state index contributed by atoms with van der Waals surface area (Å²) in [4.78, 5) is 0. The molecule has 3 aromatic rings. The molecule has 0 spiro atoms. The predicted molar refractivity (Wildman–Crippen MR) is 568 cm³/mol. The van der Waals surface area contributed by atoms with E-state index >= 15 is 0 Å². The minimum atomic E-state index is -2.89. The van der Waals surface area contributed by atoms with Gasteiger partial charge in [-0.15, -0.1) is 0 Å². The van der Waals surface area contributed by atoms with Gasteiger partial charge in [-0.2, -0.15) is 0 Å². The lowest BCUT2D eigenvalue weighted by atomic mass is 9.95. The van der Waals surface area contributed by atoms with Crippen molar-refractivity contribution in [2.45, 2.75) is 507 Å². The van der Waals surface area contributed by atoms with Crippen LogP contribution >= 0.6 is 0 Å². The average Bonchev–Trinajstić information content (AvgIpc) is 0.853. The molecule has 21 heterocycles. The number of rotatable bonds is 30. The molecule has 21 aliphatic heterocycles. The number of aliphatic hydroxyl groups excluding tert-OH is 11. The molecule has 147 heavy (non-hydrogen) atoms. The summed E-state index contributed by atoms with van der Waals surface area (Å²) in [5, 5.41) is 144. The SMILES string of the molecule is CC(C)(C)[Si](C)(C)OC[C@H]1O[C@@H]2O[C@H]3[C@H](O)[C@@H](O)[C@@H](O[C@H]4[C@H](O)[C@@H](OCc5ccccc5)[C@@H](O[C@H]5[C@H](O)[C@@H](OCc6ccccc6)[C@@H](O[C@H]6[C@H](O)[C@@H](OCc7ccccc7)[C@@H](O[C@H]7[C@H](O)[C@@H](O)[C@@H](O[C@H]8[C@H](O)[C@@H](O)[C@@H](O[C@H]1[C@H](O)[C@H]2O)O[C@@H]8CO[Si](C)(C)C(C)(C)C)O[C@@H]7CO[Si](C)(C)C(C)(C)C)O[C@@H]6CO[Si](C)(C)C(C)(C)C)O[C@@H]5CO[Si](C)(C)C(C)(C)C)O[C@@H]4CO[Si](C)(C)C(C)(C)C)O[C@@H]3CO[Si](C)(C)C(C)(C)C. The Morgan fingerprint density at radius 2 is 0.327 bits per heavy atom. The van der Waals surface area contributed by atoms with Gasteiger partial charge in [-0.25, -0.2) is 0 Å². The van der Waals surface area contributed by atoms with Crippen LogP contribution in [0.15, 0.2) is 91.0 Å². The molecule has 21 aliphatic rings. The highest BCUT2D eigenvalue weighted by atomic mass is 28.4. The fourth-order valence-electron chi connectivity index (χ4n) is 16.7. The number of hydrogen-bond donors (Lipinski definition) is 11. The number of aliphatic hydroxyl groups is 11. The highest BCUT2D eigenvalue weighted by Crippen LogP contribution is 2.49. The molecule has 42 heteroatoms. The van der Waals surface area contributed by atoms with Gasteiger partial charge in [0.05, 0.1) is 66.1 Å². The van der Waals surface area contributed by atoms with Crippen molar-refractivity contribution in [3.05, 3.63) is 108 Å². The molecule has 0 aliphatic carbocycles. The monoisotopic (exact) mass is 2200 g/mol. The highest BCUT2D eigenvalue weighted by molar-refractivity contribution is 6.76. The van der Waals surface area contributed by atoms with E-state index in [2.05, 4.69) is 88.5 Å². The van der Waals surface area contributed by atoms with E-state index in [1.807, 2.05) is 240 Å². The Morgan fingerprint density at radius 1 is 0.190 bits per heavy atom. The van der Waals surface area contributed by atoms with Gasteiger partial charge in [0, 0.05) is 0 Å². The van der Waals surface area contributed by atoms with Gasteiger partial charge in [0.15, 0.2) is 102 Å². The topological polar surface area (TPSA) is 444 Å². The molecule has 0 amide bonds. The fraction of sp³-hybridized carbons (Fsp3) is 0.829. The van der Waals surface area contributed by atoms with Gasteiger partial charge < -0.3 is 168 Å². The van der Waals surface area contributed by atoms with Crippen LogP contribution in [0.3, 0.4) is 0 Å². The normalized spacial score (nSPS) is 36.3. The third-order valence-corrected chi connectivity index (χ3v) is 65.7. The van der Waals surface area contributed by atoms with Crippen molar-refractivity contribution < 1.29 is 168 Å². The molecule has 0 saturated carbocycles. The lowest BCUT2D eigenvalue weighted by Gasteiger charge is -2.52. The zero-order valence-corrected chi connectivity index (χ0v) is 101. The Hall–Kier alpha value is -2.22. The minimum absolute atomic E-state index is 0.174. The zero-order valence-electron chi connectivity index (χ0n) is 94.2. The number of hydrogen-bond acceptors (Lipinski definition) is 35. The largest absolute Gasteiger partial charge is 0.414 e. The van der Waals surface area contributed by atoms with Crippen molar-refractivity contribution in [1.29, 1.82) is 0 Å². The molecular formula is C105H186O35Si7. The molecule has 0 radical (unpaired) electrons. The molecular weight excluding hydrogens is 2020 g/mol. The van der Waals surface area contributed by atoms with Crippen LogP contribution < -0.4 is 0 Å². The van der Waals surface area contributed by atoms with Crippen LogP contribution in [0.4, 0.5) is 0 Å². The standard InChI is InChI=1S/C105H186O35Si7/c1-99(2,3)141(22,23)120-54-64-82-71(106)75(110)93(127-64)135-84-66(56-122-143(26,27)101(7,8)9)129-95(77(112)73(84)108)137-86-68(58-124-145(30,31)103(13,14)15)131-97(89(79(86)114)117-51-61-45-39-36-40-46-61)139-88-70(60-126-147(34,35)105(19,20)21)133-98(91(81(88)116)119-53-63-49-43-38-44-50-63)140-87-69(59-125-146(32,33)104(16,17)18)132-96(90(80(87)115)118-52-62-47-41-37-42-48-62)138-85-67(57-123-144(28,29)102(10,11)12)130-94(78(113)74(85)109)136-83-65(55-121-142(24,25)100(4,5)6)128-92(134-82)76(111)72(83)107/h36-50,64-98,106-116H,51-60H2,1-35H3/t64-,65-,66-,67-,68-,69-,70-,71-,72-,73-,74-,75-,76-,77-,78-,79+,80+,81+,82-,83-,84-,85-,86-,87-,88-,89-,90-,91-,92-,93-,94-,95-,96-,97-,98-/m1/s1. The van der Waals surface area contributed by atoms with Gasteiger partial charge in [-0.3, -0.25) is 0 Å². The molecule has 35 nitrogen and oxygen atoms in total. The van der Waals surface area contributed by atoms with Crippen molar-refractivity contribution in [3.8, 4) is 0 Å². The highest BCUT2D eigenvalue weighted by Gasteiger charge is 2.64. The Balaban J connectivity index is 1.13. The maximum Gasteiger partial charge on any atom is 0.192 e. The summed E-state index contributed by atoms with van der Waals surface area (Å²) < 4.78 is 170. The maximum absolute atomic E-state index is 14.2. The van der Waals surface area contributed by atoms with Gasteiger partial charge in [-0.1, -0.05) is 236 Å². The summed E-state index contributed by atoms with van der Waals surface area (Å²) >= 11 is 0. The second-order valence-corrected chi connectivity index (χ2v) is 85.8. The Kier molecular flexibility index (Phi) is 41.6.